The topological polar surface area (TPSA) is 35.2 Å². The second-order valence-electron chi connectivity index (χ2n) is 4.48. The molecule has 1 aliphatic rings. The van der Waals surface area contributed by atoms with E-state index in [0.29, 0.717) is 23.0 Å². The van der Waals surface area contributed by atoms with E-state index in [4.69, 9.17) is 22.1 Å². The Kier molecular flexibility index (Phi) is 4.37. The Labute approximate surface area is 106 Å². The van der Waals surface area contributed by atoms with Gasteiger partial charge in [-0.05, 0) is 37.4 Å². The van der Waals surface area contributed by atoms with Gasteiger partial charge in [-0.15, -0.1) is 0 Å². The third-order valence-corrected chi connectivity index (χ3v) is 3.75. The van der Waals surface area contributed by atoms with E-state index in [1.807, 2.05) is 0 Å². The molecule has 0 heterocycles. The first kappa shape index (κ1) is 12.8. The van der Waals surface area contributed by atoms with Crippen LogP contribution in [0.15, 0.2) is 18.2 Å². The van der Waals surface area contributed by atoms with E-state index in [9.17, 15) is 4.39 Å². The zero-order chi connectivity index (χ0) is 12.3. The van der Waals surface area contributed by atoms with Crippen LogP contribution >= 0.6 is 11.6 Å². The molecule has 1 aliphatic carbocycles. The molecular weight excluding hydrogens is 241 g/mol. The van der Waals surface area contributed by atoms with Crippen molar-refractivity contribution in [1.29, 1.82) is 0 Å². The SMILES string of the molecule is NCC1CCCC1OCc1c(F)cccc1Cl. The summed E-state index contributed by atoms with van der Waals surface area (Å²) in [6.07, 6.45) is 3.40. The molecule has 2 nitrogen and oxygen atoms in total. The summed E-state index contributed by atoms with van der Waals surface area (Å²) < 4.78 is 19.3. The van der Waals surface area contributed by atoms with Crippen LogP contribution in [0.3, 0.4) is 0 Å². The molecule has 0 aromatic heterocycles. The highest BCUT2D eigenvalue weighted by Gasteiger charge is 2.27. The molecule has 1 aromatic rings. The highest BCUT2D eigenvalue weighted by molar-refractivity contribution is 6.31. The van der Waals surface area contributed by atoms with E-state index in [1.165, 1.54) is 6.07 Å². The van der Waals surface area contributed by atoms with Gasteiger partial charge in [0, 0.05) is 10.6 Å². The maximum Gasteiger partial charge on any atom is 0.130 e. The fourth-order valence-electron chi connectivity index (χ4n) is 2.35. The second-order valence-corrected chi connectivity index (χ2v) is 4.88. The van der Waals surface area contributed by atoms with Crippen LogP contribution in [0, 0.1) is 11.7 Å². The average molecular weight is 258 g/mol. The summed E-state index contributed by atoms with van der Waals surface area (Å²) in [4.78, 5) is 0. The van der Waals surface area contributed by atoms with Crippen molar-refractivity contribution in [3.05, 3.63) is 34.6 Å². The number of nitrogens with two attached hydrogens (primary N) is 1. The first-order chi connectivity index (χ1) is 8.22. The third-order valence-electron chi connectivity index (χ3n) is 3.40. The molecule has 2 unspecified atom stereocenters. The van der Waals surface area contributed by atoms with E-state index >= 15 is 0 Å². The first-order valence-electron chi connectivity index (χ1n) is 5.97. The van der Waals surface area contributed by atoms with Crippen molar-refractivity contribution in [2.75, 3.05) is 6.54 Å². The van der Waals surface area contributed by atoms with Gasteiger partial charge in [0.25, 0.3) is 0 Å². The highest BCUT2D eigenvalue weighted by Crippen LogP contribution is 2.29. The highest BCUT2D eigenvalue weighted by atomic mass is 35.5. The summed E-state index contributed by atoms with van der Waals surface area (Å²) in [5, 5.41) is 0.423. The van der Waals surface area contributed by atoms with Crippen LogP contribution in [-0.4, -0.2) is 12.6 Å². The average Bonchev–Trinajstić information content (AvgIpc) is 2.76. The fraction of sp³-hybridized carbons (Fsp3) is 0.538. The van der Waals surface area contributed by atoms with E-state index < -0.39 is 0 Å². The lowest BCUT2D eigenvalue weighted by Gasteiger charge is -2.19. The molecule has 94 valence electrons. The van der Waals surface area contributed by atoms with Crippen LogP contribution in [0.1, 0.15) is 24.8 Å². The fourth-order valence-corrected chi connectivity index (χ4v) is 2.57. The van der Waals surface area contributed by atoms with Crippen molar-refractivity contribution in [3.63, 3.8) is 0 Å². The minimum Gasteiger partial charge on any atom is -0.373 e. The van der Waals surface area contributed by atoms with Crippen molar-refractivity contribution in [2.45, 2.75) is 32.0 Å². The lowest BCUT2D eigenvalue weighted by Crippen LogP contribution is -2.25. The number of rotatable bonds is 4. The summed E-state index contributed by atoms with van der Waals surface area (Å²) in [5.74, 6) is 0.0975. The standard InChI is InChI=1S/C13H17ClFNO/c14-11-4-2-5-12(15)10(11)8-17-13-6-1-3-9(13)7-16/h2,4-5,9,13H,1,3,6-8,16H2. The monoisotopic (exact) mass is 257 g/mol. The van der Waals surface area contributed by atoms with Gasteiger partial charge in [0.2, 0.25) is 0 Å². The van der Waals surface area contributed by atoms with Crippen molar-refractivity contribution in [2.24, 2.45) is 11.7 Å². The van der Waals surface area contributed by atoms with Crippen molar-refractivity contribution < 1.29 is 9.13 Å². The Morgan fingerprint density at radius 1 is 1.41 bits per heavy atom. The van der Waals surface area contributed by atoms with E-state index in [2.05, 4.69) is 0 Å². The molecule has 17 heavy (non-hydrogen) atoms. The van der Waals surface area contributed by atoms with Crippen molar-refractivity contribution in [1.82, 2.24) is 0 Å². The number of halogens is 2. The predicted octanol–water partition coefficient (Wildman–Crippen LogP) is 3.12. The van der Waals surface area contributed by atoms with Gasteiger partial charge in [-0.3, -0.25) is 0 Å². The molecule has 2 atom stereocenters. The molecule has 1 fully saturated rings. The lowest BCUT2D eigenvalue weighted by molar-refractivity contribution is 0.0170. The smallest absolute Gasteiger partial charge is 0.130 e. The molecular formula is C13H17ClFNO. The summed E-state index contributed by atoms with van der Waals surface area (Å²) in [5.41, 5.74) is 6.11. The minimum absolute atomic E-state index is 0.149. The molecule has 0 saturated heterocycles. The maximum absolute atomic E-state index is 13.5. The van der Waals surface area contributed by atoms with Gasteiger partial charge in [0.15, 0.2) is 0 Å². The Hall–Kier alpha value is -0.640. The lowest BCUT2D eigenvalue weighted by atomic mass is 10.1. The molecule has 2 N–H and O–H groups in total. The number of benzene rings is 1. The molecule has 0 aliphatic heterocycles. The zero-order valence-electron chi connectivity index (χ0n) is 9.66. The van der Waals surface area contributed by atoms with Crippen molar-refractivity contribution >= 4 is 11.6 Å². The second kappa shape index (κ2) is 5.80. The Bertz CT molecular complexity index is 365. The molecule has 0 spiro atoms. The van der Waals surface area contributed by atoms with Gasteiger partial charge in [0.05, 0.1) is 12.7 Å². The van der Waals surface area contributed by atoms with Gasteiger partial charge in [-0.2, -0.15) is 0 Å². The van der Waals surface area contributed by atoms with Crippen LogP contribution < -0.4 is 5.73 Å². The van der Waals surface area contributed by atoms with Gasteiger partial charge in [0.1, 0.15) is 5.82 Å². The summed E-state index contributed by atoms with van der Waals surface area (Å²) in [6.45, 7) is 0.863. The van der Waals surface area contributed by atoms with Crippen LogP contribution in [-0.2, 0) is 11.3 Å². The minimum atomic E-state index is -0.306. The quantitative estimate of drug-likeness (QED) is 0.900. The Morgan fingerprint density at radius 3 is 2.94 bits per heavy atom. The normalized spacial score (nSPS) is 24.2. The molecule has 0 amide bonds. The van der Waals surface area contributed by atoms with Gasteiger partial charge >= 0.3 is 0 Å². The van der Waals surface area contributed by atoms with Gasteiger partial charge < -0.3 is 10.5 Å². The van der Waals surface area contributed by atoms with E-state index in [-0.39, 0.29) is 18.5 Å². The third kappa shape index (κ3) is 2.97. The molecule has 0 radical (unpaired) electrons. The van der Waals surface area contributed by atoms with Crippen LogP contribution in [0.4, 0.5) is 4.39 Å². The Balaban J connectivity index is 1.98. The molecule has 4 heteroatoms. The molecule has 1 aromatic carbocycles. The number of hydrogen-bond donors (Lipinski definition) is 1. The summed E-state index contributed by atoms with van der Waals surface area (Å²) in [6, 6.07) is 4.68. The molecule has 2 rings (SSSR count). The van der Waals surface area contributed by atoms with E-state index in [1.54, 1.807) is 12.1 Å². The van der Waals surface area contributed by atoms with Gasteiger partial charge in [-0.1, -0.05) is 24.1 Å². The zero-order valence-corrected chi connectivity index (χ0v) is 10.4. The largest absolute Gasteiger partial charge is 0.373 e. The Morgan fingerprint density at radius 2 is 2.24 bits per heavy atom. The summed E-state index contributed by atoms with van der Waals surface area (Å²) in [7, 11) is 0. The van der Waals surface area contributed by atoms with Crippen LogP contribution in [0.25, 0.3) is 0 Å². The first-order valence-corrected chi connectivity index (χ1v) is 6.34. The molecule has 0 bridgehead atoms. The summed E-state index contributed by atoms with van der Waals surface area (Å²) >= 11 is 5.94. The number of hydrogen-bond acceptors (Lipinski definition) is 2. The maximum atomic E-state index is 13.5. The van der Waals surface area contributed by atoms with Gasteiger partial charge in [-0.25, -0.2) is 4.39 Å². The van der Waals surface area contributed by atoms with Crippen LogP contribution in [0.5, 0.6) is 0 Å². The predicted molar refractivity (Wildman–Crippen MR) is 66.4 cm³/mol. The van der Waals surface area contributed by atoms with E-state index in [0.717, 1.165) is 19.3 Å². The number of ether oxygens (including phenoxy) is 1. The molecule has 1 saturated carbocycles. The van der Waals surface area contributed by atoms with Crippen LogP contribution in [0.2, 0.25) is 5.02 Å². The van der Waals surface area contributed by atoms with Crippen molar-refractivity contribution in [3.8, 4) is 0 Å².